The summed E-state index contributed by atoms with van der Waals surface area (Å²) in [5.41, 5.74) is 1.28. The Bertz CT molecular complexity index is 879. The summed E-state index contributed by atoms with van der Waals surface area (Å²) >= 11 is 0. The maximum absolute atomic E-state index is 13.3. The predicted molar refractivity (Wildman–Crippen MR) is 114 cm³/mol. The van der Waals surface area contributed by atoms with Crippen LogP contribution in [-0.4, -0.2) is 35.2 Å². The number of hydrogen-bond acceptors (Lipinski definition) is 3. The molecule has 1 saturated carbocycles. The van der Waals surface area contributed by atoms with E-state index in [-0.39, 0.29) is 17.9 Å². The number of nitrogens with zero attached hydrogens (tertiary/aromatic N) is 1. The fraction of sp³-hybridized carbons (Fsp3) is 0.400. The monoisotopic (exact) mass is 391 g/mol. The first kappa shape index (κ1) is 19.7. The molecule has 2 fully saturated rings. The maximum Gasteiger partial charge on any atom is 0.247 e. The molecule has 29 heavy (non-hydrogen) atoms. The molecule has 1 N–H and O–H groups in total. The van der Waals surface area contributed by atoms with Crippen molar-refractivity contribution >= 4 is 12.0 Å². The van der Waals surface area contributed by atoms with E-state index in [0.717, 1.165) is 42.6 Å². The molecule has 1 heterocycles. The fourth-order valence-electron chi connectivity index (χ4n) is 5.05. The van der Waals surface area contributed by atoms with Gasteiger partial charge in [0.15, 0.2) is 0 Å². The summed E-state index contributed by atoms with van der Waals surface area (Å²) in [6.45, 7) is 0.549. The lowest BCUT2D eigenvalue weighted by Crippen LogP contribution is -2.56. The highest BCUT2D eigenvalue weighted by Gasteiger charge is 2.50. The van der Waals surface area contributed by atoms with Gasteiger partial charge in [0.05, 0.1) is 18.8 Å². The van der Waals surface area contributed by atoms with Crippen LogP contribution in [0, 0.1) is 5.92 Å². The van der Waals surface area contributed by atoms with Crippen LogP contribution in [-0.2, 0) is 4.79 Å². The first-order valence-corrected chi connectivity index (χ1v) is 10.5. The third kappa shape index (κ3) is 3.95. The molecule has 2 aromatic carbocycles. The first-order chi connectivity index (χ1) is 14.1. The van der Waals surface area contributed by atoms with Crippen LogP contribution in [0.25, 0.3) is 6.08 Å². The molecule has 1 aliphatic heterocycles. The smallest absolute Gasteiger partial charge is 0.247 e. The summed E-state index contributed by atoms with van der Waals surface area (Å²) < 4.78 is 5.63. The van der Waals surface area contributed by atoms with Crippen LogP contribution < -0.4 is 4.74 Å². The number of carbonyl (C=O) groups is 1. The van der Waals surface area contributed by atoms with E-state index in [4.69, 9.17) is 4.74 Å². The van der Waals surface area contributed by atoms with Gasteiger partial charge in [-0.15, -0.1) is 0 Å². The Kier molecular flexibility index (Phi) is 5.72. The van der Waals surface area contributed by atoms with Crippen LogP contribution in [0.2, 0.25) is 0 Å². The minimum atomic E-state index is -0.705. The van der Waals surface area contributed by atoms with Gasteiger partial charge < -0.3 is 14.7 Å². The van der Waals surface area contributed by atoms with Gasteiger partial charge >= 0.3 is 0 Å². The number of carbonyl (C=O) groups excluding carboxylic acids is 1. The second kappa shape index (κ2) is 8.42. The summed E-state index contributed by atoms with van der Waals surface area (Å²) in [5, 5.41) is 11.4. The van der Waals surface area contributed by atoms with Crippen LogP contribution in [0.4, 0.5) is 0 Å². The lowest BCUT2D eigenvalue weighted by atomic mass is 9.66. The zero-order valence-corrected chi connectivity index (χ0v) is 17.0. The number of amides is 1. The standard InChI is InChI=1S/C25H29NO3/c1-29-22-13-6-5-11-20(22)24-21-12-7-8-16-25(21,28)17-18-26(24)23(27)15-14-19-9-3-2-4-10-19/h2-6,9-11,13-15,21,24,28H,7-8,12,16-18H2,1H3/b15-14+/t21-,24+,25+/m0/s1. The van der Waals surface area contributed by atoms with E-state index in [1.807, 2.05) is 65.6 Å². The number of fused-ring (bicyclic) bond motifs is 1. The molecule has 0 radical (unpaired) electrons. The number of hydrogen-bond donors (Lipinski definition) is 1. The summed E-state index contributed by atoms with van der Waals surface area (Å²) in [5.74, 6) is 0.782. The zero-order valence-electron chi connectivity index (χ0n) is 17.0. The molecule has 0 aromatic heterocycles. The normalized spacial score (nSPS) is 26.9. The Morgan fingerprint density at radius 3 is 2.66 bits per heavy atom. The minimum absolute atomic E-state index is 0.0163. The third-order valence-electron chi connectivity index (χ3n) is 6.53. The van der Waals surface area contributed by atoms with Gasteiger partial charge in [-0.05, 0) is 37.0 Å². The van der Waals surface area contributed by atoms with Crippen molar-refractivity contribution in [2.24, 2.45) is 5.92 Å². The largest absolute Gasteiger partial charge is 0.496 e. The Balaban J connectivity index is 1.69. The van der Waals surface area contributed by atoms with E-state index in [1.165, 1.54) is 0 Å². The van der Waals surface area contributed by atoms with Crippen molar-refractivity contribution in [2.75, 3.05) is 13.7 Å². The summed E-state index contributed by atoms with van der Waals surface area (Å²) in [4.78, 5) is 15.2. The van der Waals surface area contributed by atoms with Crippen molar-refractivity contribution in [1.29, 1.82) is 0 Å². The quantitative estimate of drug-likeness (QED) is 0.775. The van der Waals surface area contributed by atoms with Crippen molar-refractivity contribution in [2.45, 2.75) is 43.7 Å². The number of aliphatic hydroxyl groups is 1. The molecule has 0 spiro atoms. The highest BCUT2D eigenvalue weighted by atomic mass is 16.5. The van der Waals surface area contributed by atoms with E-state index < -0.39 is 5.60 Å². The highest BCUT2D eigenvalue weighted by Crippen LogP contribution is 2.50. The van der Waals surface area contributed by atoms with Crippen LogP contribution in [0.5, 0.6) is 5.75 Å². The van der Waals surface area contributed by atoms with E-state index in [9.17, 15) is 9.90 Å². The number of likely N-dealkylation sites (tertiary alicyclic amines) is 1. The van der Waals surface area contributed by atoms with Gasteiger partial charge in [-0.2, -0.15) is 0 Å². The average Bonchev–Trinajstić information content (AvgIpc) is 2.77. The lowest BCUT2D eigenvalue weighted by molar-refractivity contribution is -0.151. The van der Waals surface area contributed by atoms with Crippen molar-refractivity contribution in [1.82, 2.24) is 4.90 Å². The average molecular weight is 392 g/mol. The second-order valence-electron chi connectivity index (χ2n) is 8.17. The van der Waals surface area contributed by atoms with Crippen LogP contribution >= 0.6 is 0 Å². The van der Waals surface area contributed by atoms with E-state index in [1.54, 1.807) is 13.2 Å². The summed E-state index contributed by atoms with van der Waals surface area (Å²) in [7, 11) is 1.66. The molecule has 1 aliphatic carbocycles. The highest BCUT2D eigenvalue weighted by molar-refractivity contribution is 5.92. The zero-order chi connectivity index (χ0) is 20.3. The van der Waals surface area contributed by atoms with Gasteiger partial charge in [0.1, 0.15) is 5.75 Å². The summed E-state index contributed by atoms with van der Waals surface area (Å²) in [6, 6.07) is 17.6. The van der Waals surface area contributed by atoms with Gasteiger partial charge in [0, 0.05) is 24.1 Å². The molecule has 0 unspecified atom stereocenters. The molecule has 4 nitrogen and oxygen atoms in total. The fourth-order valence-corrected chi connectivity index (χ4v) is 5.05. The number of rotatable bonds is 4. The van der Waals surface area contributed by atoms with E-state index in [2.05, 4.69) is 0 Å². The van der Waals surface area contributed by atoms with Gasteiger partial charge in [-0.3, -0.25) is 4.79 Å². The molecule has 2 aromatic rings. The molecular formula is C25H29NO3. The number of ether oxygens (including phenoxy) is 1. The third-order valence-corrected chi connectivity index (χ3v) is 6.53. The molecule has 1 saturated heterocycles. The number of piperidine rings is 1. The Hall–Kier alpha value is -2.59. The SMILES string of the molecule is COc1ccccc1[C@@H]1[C@@H]2CCCC[C@@]2(O)CCN1C(=O)/C=C/c1ccccc1. The Morgan fingerprint density at radius 1 is 1.10 bits per heavy atom. The number of methoxy groups -OCH3 is 1. The number of benzene rings is 2. The van der Waals surface area contributed by atoms with Gasteiger partial charge in [-0.25, -0.2) is 0 Å². The Morgan fingerprint density at radius 2 is 1.86 bits per heavy atom. The summed E-state index contributed by atoms with van der Waals surface area (Å²) in [6.07, 6.45) is 8.02. The van der Waals surface area contributed by atoms with Gasteiger partial charge in [0.25, 0.3) is 0 Å². The van der Waals surface area contributed by atoms with Crippen molar-refractivity contribution in [3.63, 3.8) is 0 Å². The van der Waals surface area contributed by atoms with Crippen molar-refractivity contribution < 1.29 is 14.6 Å². The Labute approximate surface area is 172 Å². The minimum Gasteiger partial charge on any atom is -0.496 e. The van der Waals surface area contributed by atoms with Crippen molar-refractivity contribution in [3.8, 4) is 5.75 Å². The molecule has 3 atom stereocenters. The van der Waals surface area contributed by atoms with Crippen LogP contribution in [0.15, 0.2) is 60.7 Å². The topological polar surface area (TPSA) is 49.8 Å². The predicted octanol–water partition coefficient (Wildman–Crippen LogP) is 4.60. The van der Waals surface area contributed by atoms with E-state index >= 15 is 0 Å². The first-order valence-electron chi connectivity index (χ1n) is 10.5. The lowest BCUT2D eigenvalue weighted by Gasteiger charge is -2.52. The van der Waals surface area contributed by atoms with Crippen LogP contribution in [0.1, 0.15) is 49.3 Å². The van der Waals surface area contributed by atoms with Gasteiger partial charge in [0.2, 0.25) is 5.91 Å². The maximum atomic E-state index is 13.3. The van der Waals surface area contributed by atoms with Gasteiger partial charge in [-0.1, -0.05) is 61.4 Å². The molecule has 4 rings (SSSR count). The van der Waals surface area contributed by atoms with Crippen molar-refractivity contribution in [3.05, 3.63) is 71.8 Å². The van der Waals surface area contributed by atoms with E-state index in [0.29, 0.717) is 13.0 Å². The number of para-hydroxylation sites is 1. The molecule has 152 valence electrons. The molecule has 1 amide bonds. The second-order valence-corrected chi connectivity index (χ2v) is 8.17. The van der Waals surface area contributed by atoms with Crippen LogP contribution in [0.3, 0.4) is 0 Å². The molecular weight excluding hydrogens is 362 g/mol. The molecule has 2 aliphatic rings. The molecule has 4 heteroatoms. The molecule has 0 bridgehead atoms.